The maximum atomic E-state index is 12.3. The molecule has 0 saturated heterocycles. The summed E-state index contributed by atoms with van der Waals surface area (Å²) in [5.41, 5.74) is 2.25. The largest absolute Gasteiger partial charge is 0.494 e. The van der Waals surface area contributed by atoms with Gasteiger partial charge in [0.05, 0.1) is 17.2 Å². The molecule has 0 bridgehead atoms. The molecule has 1 heterocycles. The molecule has 0 radical (unpaired) electrons. The maximum Gasteiger partial charge on any atom is 0.255 e. The van der Waals surface area contributed by atoms with E-state index in [1.165, 1.54) is 19.2 Å². The fourth-order valence-corrected chi connectivity index (χ4v) is 2.85. The monoisotopic (exact) mass is 350 g/mol. The van der Waals surface area contributed by atoms with Crippen LogP contribution >= 0.6 is 23.2 Å². The topological polar surface area (TPSA) is 64.4 Å². The van der Waals surface area contributed by atoms with Crippen LogP contribution in [0.3, 0.4) is 0 Å². The van der Waals surface area contributed by atoms with Gasteiger partial charge in [-0.15, -0.1) is 0 Å². The van der Waals surface area contributed by atoms with Crippen LogP contribution in [-0.4, -0.2) is 18.0 Å². The van der Waals surface area contributed by atoms with Gasteiger partial charge in [-0.3, -0.25) is 4.79 Å². The Morgan fingerprint density at radius 1 is 1.22 bits per heavy atom. The number of carbonyl (C=O) groups excluding carboxylic acids is 1. The standard InChI is InChI=1S/C16H12Cl2N2O3/c1-8-19-13-4-3-10(7-14(13)23-8)20-16(21)9-5-11(17)15(22-2)12(18)6-9/h3-7H,1-2H3,(H,20,21). The van der Waals surface area contributed by atoms with Crippen LogP contribution in [-0.2, 0) is 0 Å². The van der Waals surface area contributed by atoms with Gasteiger partial charge in [0.25, 0.3) is 5.91 Å². The predicted molar refractivity (Wildman–Crippen MR) is 89.7 cm³/mol. The average Bonchev–Trinajstić information content (AvgIpc) is 2.86. The molecule has 1 amide bonds. The third-order valence-corrected chi connectivity index (χ3v) is 3.78. The van der Waals surface area contributed by atoms with Gasteiger partial charge in [-0.25, -0.2) is 4.98 Å². The van der Waals surface area contributed by atoms with E-state index in [1.807, 2.05) is 0 Å². The summed E-state index contributed by atoms with van der Waals surface area (Å²) in [6.45, 7) is 1.76. The molecule has 23 heavy (non-hydrogen) atoms. The third-order valence-electron chi connectivity index (χ3n) is 3.22. The van der Waals surface area contributed by atoms with Crippen molar-refractivity contribution >= 4 is 45.9 Å². The van der Waals surface area contributed by atoms with E-state index in [0.29, 0.717) is 28.5 Å². The molecular formula is C16H12Cl2N2O3. The molecule has 0 atom stereocenters. The Hall–Kier alpha value is -2.24. The van der Waals surface area contributed by atoms with Crippen LogP contribution in [0.15, 0.2) is 34.7 Å². The van der Waals surface area contributed by atoms with E-state index in [-0.39, 0.29) is 16.0 Å². The van der Waals surface area contributed by atoms with Gasteiger partial charge in [0.15, 0.2) is 17.2 Å². The second-order valence-corrected chi connectivity index (χ2v) is 5.66. The highest BCUT2D eigenvalue weighted by molar-refractivity contribution is 6.37. The molecule has 2 aromatic carbocycles. The highest BCUT2D eigenvalue weighted by Crippen LogP contribution is 2.34. The molecule has 7 heteroatoms. The number of amides is 1. The summed E-state index contributed by atoms with van der Waals surface area (Å²) in [4.78, 5) is 16.5. The summed E-state index contributed by atoms with van der Waals surface area (Å²) in [7, 11) is 1.46. The molecule has 3 rings (SSSR count). The first-order chi connectivity index (χ1) is 11.0. The maximum absolute atomic E-state index is 12.3. The Bertz CT molecular complexity index is 882. The molecule has 1 aromatic heterocycles. The molecular weight excluding hydrogens is 339 g/mol. The number of benzene rings is 2. The van der Waals surface area contributed by atoms with Gasteiger partial charge >= 0.3 is 0 Å². The van der Waals surface area contributed by atoms with Gasteiger partial charge in [-0.2, -0.15) is 0 Å². The second kappa shape index (κ2) is 6.10. The zero-order valence-electron chi connectivity index (χ0n) is 12.3. The molecule has 118 valence electrons. The van der Waals surface area contributed by atoms with E-state index in [1.54, 1.807) is 25.1 Å². The third kappa shape index (κ3) is 3.11. The number of halogens is 2. The number of rotatable bonds is 3. The van der Waals surface area contributed by atoms with Crippen molar-refractivity contribution in [2.75, 3.05) is 12.4 Å². The van der Waals surface area contributed by atoms with E-state index in [9.17, 15) is 4.79 Å². The van der Waals surface area contributed by atoms with E-state index in [2.05, 4.69) is 10.3 Å². The molecule has 3 aromatic rings. The lowest BCUT2D eigenvalue weighted by atomic mass is 10.2. The molecule has 0 aliphatic rings. The lowest BCUT2D eigenvalue weighted by Crippen LogP contribution is -2.12. The van der Waals surface area contributed by atoms with Crippen LogP contribution in [0.4, 0.5) is 5.69 Å². The van der Waals surface area contributed by atoms with E-state index in [0.717, 1.165) is 5.52 Å². The van der Waals surface area contributed by atoms with E-state index >= 15 is 0 Å². The number of aromatic nitrogens is 1. The lowest BCUT2D eigenvalue weighted by Gasteiger charge is -2.09. The minimum atomic E-state index is -0.341. The first kappa shape index (κ1) is 15.6. The number of nitrogens with one attached hydrogen (secondary N) is 1. The first-order valence-electron chi connectivity index (χ1n) is 6.69. The van der Waals surface area contributed by atoms with Crippen molar-refractivity contribution in [1.82, 2.24) is 4.98 Å². The van der Waals surface area contributed by atoms with Crippen LogP contribution in [0.1, 0.15) is 16.2 Å². The predicted octanol–water partition coefficient (Wildman–Crippen LogP) is 4.70. The number of carbonyl (C=O) groups is 1. The van der Waals surface area contributed by atoms with Gasteiger partial charge in [0, 0.05) is 24.2 Å². The summed E-state index contributed by atoms with van der Waals surface area (Å²) in [5, 5.41) is 3.31. The number of nitrogens with zero attached hydrogens (tertiary/aromatic N) is 1. The lowest BCUT2D eigenvalue weighted by molar-refractivity contribution is 0.102. The van der Waals surface area contributed by atoms with Crippen LogP contribution in [0, 0.1) is 6.92 Å². The van der Waals surface area contributed by atoms with Crippen molar-refractivity contribution in [3.63, 3.8) is 0 Å². The van der Waals surface area contributed by atoms with Gasteiger partial charge in [0.2, 0.25) is 0 Å². The second-order valence-electron chi connectivity index (χ2n) is 4.84. The number of hydrogen-bond acceptors (Lipinski definition) is 4. The van der Waals surface area contributed by atoms with Crippen molar-refractivity contribution < 1.29 is 13.9 Å². The normalized spacial score (nSPS) is 10.8. The molecule has 0 unspecified atom stereocenters. The number of fused-ring (bicyclic) bond motifs is 1. The molecule has 0 saturated carbocycles. The van der Waals surface area contributed by atoms with Gasteiger partial charge in [-0.1, -0.05) is 23.2 Å². The number of ether oxygens (including phenoxy) is 1. The van der Waals surface area contributed by atoms with E-state index < -0.39 is 0 Å². The fourth-order valence-electron chi connectivity index (χ4n) is 2.21. The summed E-state index contributed by atoms with van der Waals surface area (Å²) < 4.78 is 10.5. The van der Waals surface area contributed by atoms with Crippen molar-refractivity contribution in [2.45, 2.75) is 6.92 Å². The Balaban J connectivity index is 1.88. The SMILES string of the molecule is COc1c(Cl)cc(C(=O)Nc2ccc3nc(C)oc3c2)cc1Cl. The van der Waals surface area contributed by atoms with Gasteiger partial charge in [0.1, 0.15) is 5.52 Å². The van der Waals surface area contributed by atoms with Gasteiger partial charge in [-0.05, 0) is 24.3 Å². The van der Waals surface area contributed by atoms with Crippen LogP contribution < -0.4 is 10.1 Å². The molecule has 0 aliphatic carbocycles. The van der Waals surface area contributed by atoms with Crippen molar-refractivity contribution in [3.8, 4) is 5.75 Å². The number of anilines is 1. The molecule has 0 aliphatic heterocycles. The van der Waals surface area contributed by atoms with Gasteiger partial charge < -0.3 is 14.5 Å². The van der Waals surface area contributed by atoms with Crippen molar-refractivity contribution in [2.24, 2.45) is 0 Å². The number of hydrogen-bond donors (Lipinski definition) is 1. The zero-order valence-corrected chi connectivity index (χ0v) is 13.8. The molecule has 1 N–H and O–H groups in total. The fraction of sp³-hybridized carbons (Fsp3) is 0.125. The number of aryl methyl sites for hydroxylation is 1. The summed E-state index contributed by atoms with van der Waals surface area (Å²) >= 11 is 12.1. The Kier molecular flexibility index (Phi) is 4.15. The first-order valence-corrected chi connectivity index (χ1v) is 7.45. The molecule has 5 nitrogen and oxygen atoms in total. The zero-order chi connectivity index (χ0) is 16.6. The summed E-state index contributed by atoms with van der Waals surface area (Å²) in [6.07, 6.45) is 0. The van der Waals surface area contributed by atoms with Crippen molar-refractivity contribution in [1.29, 1.82) is 0 Å². The highest BCUT2D eigenvalue weighted by atomic mass is 35.5. The molecule has 0 fully saturated rings. The van der Waals surface area contributed by atoms with E-state index in [4.69, 9.17) is 32.4 Å². The summed E-state index contributed by atoms with van der Waals surface area (Å²) in [5.74, 6) is 0.563. The smallest absolute Gasteiger partial charge is 0.255 e. The van der Waals surface area contributed by atoms with Crippen LogP contribution in [0.25, 0.3) is 11.1 Å². The number of oxazole rings is 1. The minimum absolute atomic E-state index is 0.270. The Labute approximate surface area is 142 Å². The Morgan fingerprint density at radius 2 is 1.91 bits per heavy atom. The number of methoxy groups -OCH3 is 1. The quantitative estimate of drug-likeness (QED) is 0.743. The summed E-state index contributed by atoms with van der Waals surface area (Å²) in [6, 6.07) is 8.22. The van der Waals surface area contributed by atoms with Crippen molar-refractivity contribution in [3.05, 3.63) is 51.8 Å². The average molecular weight is 351 g/mol. The molecule has 0 spiro atoms. The van der Waals surface area contributed by atoms with Crippen LogP contribution in [0.5, 0.6) is 5.75 Å². The minimum Gasteiger partial charge on any atom is -0.494 e. The van der Waals surface area contributed by atoms with Crippen LogP contribution in [0.2, 0.25) is 10.0 Å². The highest BCUT2D eigenvalue weighted by Gasteiger charge is 2.14. The Morgan fingerprint density at radius 3 is 2.57 bits per heavy atom.